The Morgan fingerprint density at radius 1 is 1.23 bits per heavy atom. The van der Waals surface area contributed by atoms with E-state index in [2.05, 4.69) is 30.3 Å². The van der Waals surface area contributed by atoms with Crippen molar-refractivity contribution in [1.29, 1.82) is 0 Å². The van der Waals surface area contributed by atoms with Crippen LogP contribution in [0.3, 0.4) is 0 Å². The molecule has 0 aliphatic carbocycles. The number of rotatable bonds is 4. The molecule has 1 amide bonds. The number of nitrogens with zero attached hydrogens (tertiary/aromatic N) is 5. The molecule has 1 aliphatic heterocycles. The molecular formula is C18H18N6O2. The number of carbonyl (C=O) groups excluding carboxylic acids is 1. The van der Waals surface area contributed by atoms with Crippen molar-refractivity contribution in [2.75, 3.05) is 13.6 Å². The zero-order valence-corrected chi connectivity index (χ0v) is 14.2. The molecule has 0 spiro atoms. The second-order valence-electron chi connectivity index (χ2n) is 6.30. The summed E-state index contributed by atoms with van der Waals surface area (Å²) in [7, 11) is 1.98. The van der Waals surface area contributed by atoms with Gasteiger partial charge in [0.05, 0.1) is 11.6 Å². The molecule has 132 valence electrons. The lowest BCUT2D eigenvalue weighted by molar-refractivity contribution is 0.0938. The average molecular weight is 350 g/mol. The van der Waals surface area contributed by atoms with Crippen LogP contribution in [0.1, 0.15) is 28.7 Å². The van der Waals surface area contributed by atoms with Crippen LogP contribution in [-0.4, -0.2) is 50.5 Å². The van der Waals surface area contributed by atoms with Crippen molar-refractivity contribution in [2.24, 2.45) is 0 Å². The number of carbonyl (C=O) groups is 1. The number of nitrogens with one attached hydrogen (secondary N) is 1. The summed E-state index contributed by atoms with van der Waals surface area (Å²) < 4.78 is 5.46. The Balaban J connectivity index is 1.44. The van der Waals surface area contributed by atoms with Crippen LogP contribution < -0.4 is 5.32 Å². The number of hydrogen-bond acceptors (Lipinski definition) is 7. The summed E-state index contributed by atoms with van der Waals surface area (Å²) in [5.74, 6) is 0.938. The van der Waals surface area contributed by atoms with Gasteiger partial charge in [-0.3, -0.25) is 19.7 Å². The molecular weight excluding hydrogens is 332 g/mol. The SMILES string of the molecule is CN1C[C@@H](NC(=O)c2cccnc2)C[C@H]1c1nc(-c2cccnc2)no1. The Labute approximate surface area is 150 Å². The van der Waals surface area contributed by atoms with Crippen LogP contribution in [-0.2, 0) is 0 Å². The fourth-order valence-electron chi connectivity index (χ4n) is 3.14. The lowest BCUT2D eigenvalue weighted by atomic mass is 10.1. The summed E-state index contributed by atoms with van der Waals surface area (Å²) in [6.45, 7) is 0.710. The van der Waals surface area contributed by atoms with Gasteiger partial charge in [0.2, 0.25) is 11.7 Å². The number of likely N-dealkylation sites (tertiary alicyclic amines) is 1. The molecule has 3 aromatic heterocycles. The van der Waals surface area contributed by atoms with Crippen molar-refractivity contribution in [2.45, 2.75) is 18.5 Å². The first-order valence-electron chi connectivity index (χ1n) is 8.36. The van der Waals surface area contributed by atoms with Gasteiger partial charge in [-0.1, -0.05) is 5.16 Å². The van der Waals surface area contributed by atoms with E-state index in [9.17, 15) is 4.79 Å². The fraction of sp³-hybridized carbons (Fsp3) is 0.278. The molecule has 4 heterocycles. The third-order valence-electron chi connectivity index (χ3n) is 4.45. The Kier molecular flexibility index (Phi) is 4.40. The monoisotopic (exact) mass is 350 g/mol. The van der Waals surface area contributed by atoms with Crippen LogP contribution >= 0.6 is 0 Å². The quantitative estimate of drug-likeness (QED) is 0.765. The number of hydrogen-bond donors (Lipinski definition) is 1. The van der Waals surface area contributed by atoms with E-state index in [4.69, 9.17) is 4.52 Å². The number of aromatic nitrogens is 4. The molecule has 26 heavy (non-hydrogen) atoms. The van der Waals surface area contributed by atoms with E-state index < -0.39 is 0 Å². The van der Waals surface area contributed by atoms with Crippen molar-refractivity contribution >= 4 is 5.91 Å². The summed E-state index contributed by atoms with van der Waals surface area (Å²) in [5.41, 5.74) is 1.36. The van der Waals surface area contributed by atoms with Gasteiger partial charge >= 0.3 is 0 Å². The minimum absolute atomic E-state index is 0.00597. The van der Waals surface area contributed by atoms with Gasteiger partial charge in [-0.25, -0.2) is 0 Å². The first kappa shape index (κ1) is 16.3. The van der Waals surface area contributed by atoms with Crippen LogP contribution in [0.5, 0.6) is 0 Å². The first-order chi connectivity index (χ1) is 12.7. The van der Waals surface area contributed by atoms with E-state index in [1.807, 2.05) is 19.2 Å². The molecule has 2 atom stereocenters. The molecule has 0 unspecified atom stereocenters. The lowest BCUT2D eigenvalue weighted by Crippen LogP contribution is -2.36. The van der Waals surface area contributed by atoms with Crippen LogP contribution in [0.25, 0.3) is 11.4 Å². The summed E-state index contributed by atoms with van der Waals surface area (Å²) >= 11 is 0. The zero-order chi connectivity index (χ0) is 17.9. The van der Waals surface area contributed by atoms with E-state index in [-0.39, 0.29) is 18.0 Å². The molecule has 1 fully saturated rings. The third-order valence-corrected chi connectivity index (χ3v) is 4.45. The number of likely N-dealkylation sites (N-methyl/N-ethyl adjacent to an activating group) is 1. The van der Waals surface area contributed by atoms with Crippen molar-refractivity contribution in [3.63, 3.8) is 0 Å². The normalized spacial score (nSPS) is 20.2. The lowest BCUT2D eigenvalue weighted by Gasteiger charge is -2.14. The molecule has 0 radical (unpaired) electrons. The zero-order valence-electron chi connectivity index (χ0n) is 14.2. The molecule has 0 bridgehead atoms. The van der Waals surface area contributed by atoms with Crippen LogP contribution in [0.15, 0.2) is 53.6 Å². The van der Waals surface area contributed by atoms with Gasteiger partial charge in [-0.05, 0) is 37.7 Å². The minimum atomic E-state index is -0.126. The maximum atomic E-state index is 12.3. The molecule has 1 N–H and O–H groups in total. The van der Waals surface area contributed by atoms with Gasteiger partial charge in [0, 0.05) is 42.9 Å². The van der Waals surface area contributed by atoms with Crippen molar-refractivity contribution in [1.82, 2.24) is 30.3 Å². The smallest absolute Gasteiger partial charge is 0.253 e. The molecule has 0 aromatic carbocycles. The molecule has 1 saturated heterocycles. The molecule has 4 rings (SSSR count). The van der Waals surface area contributed by atoms with Crippen molar-refractivity contribution in [3.05, 3.63) is 60.5 Å². The first-order valence-corrected chi connectivity index (χ1v) is 8.36. The second kappa shape index (κ2) is 7.01. The largest absolute Gasteiger partial charge is 0.348 e. The van der Waals surface area contributed by atoms with E-state index in [0.717, 1.165) is 5.56 Å². The Morgan fingerprint density at radius 2 is 2.04 bits per heavy atom. The van der Waals surface area contributed by atoms with Crippen LogP contribution in [0.4, 0.5) is 0 Å². The van der Waals surface area contributed by atoms with E-state index in [0.29, 0.717) is 30.2 Å². The molecule has 8 heteroatoms. The summed E-state index contributed by atoms with van der Waals surface area (Å²) in [5, 5.41) is 7.09. The summed E-state index contributed by atoms with van der Waals surface area (Å²) in [6, 6.07) is 7.18. The van der Waals surface area contributed by atoms with E-state index in [1.165, 1.54) is 0 Å². The van der Waals surface area contributed by atoms with E-state index in [1.54, 1.807) is 36.9 Å². The van der Waals surface area contributed by atoms with Gasteiger partial charge in [0.15, 0.2) is 0 Å². The second-order valence-corrected chi connectivity index (χ2v) is 6.30. The van der Waals surface area contributed by atoms with Gasteiger partial charge in [-0.2, -0.15) is 4.98 Å². The van der Waals surface area contributed by atoms with E-state index >= 15 is 0 Å². The molecule has 0 saturated carbocycles. The highest BCUT2D eigenvalue weighted by atomic mass is 16.5. The third kappa shape index (κ3) is 3.31. The molecule has 1 aliphatic rings. The number of amides is 1. The number of pyridine rings is 2. The predicted octanol–water partition coefficient (Wildman–Crippen LogP) is 1.70. The van der Waals surface area contributed by atoms with Crippen LogP contribution in [0, 0.1) is 0 Å². The highest BCUT2D eigenvalue weighted by Gasteiger charge is 2.35. The van der Waals surface area contributed by atoms with Gasteiger partial charge in [-0.15, -0.1) is 0 Å². The standard InChI is InChI=1S/C18H18N6O2/c1-24-11-14(21-17(25)13-5-3-7-20-10-13)8-15(24)18-22-16(23-26-18)12-4-2-6-19-9-12/h2-7,9-10,14-15H,8,11H2,1H3,(H,21,25)/t14-,15-/m0/s1. The Bertz CT molecular complexity index is 883. The van der Waals surface area contributed by atoms with Crippen LogP contribution in [0.2, 0.25) is 0 Å². The average Bonchev–Trinajstić information content (AvgIpc) is 3.30. The summed E-state index contributed by atoms with van der Waals surface area (Å²) in [6.07, 6.45) is 7.31. The van der Waals surface area contributed by atoms with Crippen molar-refractivity contribution in [3.8, 4) is 11.4 Å². The maximum absolute atomic E-state index is 12.3. The summed E-state index contributed by atoms with van der Waals surface area (Å²) in [4.78, 5) is 27.0. The van der Waals surface area contributed by atoms with Gasteiger partial charge in [0.1, 0.15) is 0 Å². The highest BCUT2D eigenvalue weighted by Crippen LogP contribution is 2.30. The molecule has 3 aromatic rings. The minimum Gasteiger partial charge on any atom is -0.348 e. The maximum Gasteiger partial charge on any atom is 0.253 e. The predicted molar refractivity (Wildman–Crippen MR) is 93.0 cm³/mol. The highest BCUT2D eigenvalue weighted by molar-refractivity contribution is 5.94. The fourth-order valence-corrected chi connectivity index (χ4v) is 3.14. The van der Waals surface area contributed by atoms with Gasteiger partial charge in [0.25, 0.3) is 5.91 Å². The van der Waals surface area contributed by atoms with Crippen molar-refractivity contribution < 1.29 is 9.32 Å². The topological polar surface area (TPSA) is 97.0 Å². The molecule has 8 nitrogen and oxygen atoms in total. The Hall–Kier alpha value is -3.13. The Morgan fingerprint density at radius 3 is 2.77 bits per heavy atom. The van der Waals surface area contributed by atoms with Gasteiger partial charge < -0.3 is 9.84 Å².